The number of anilines is 1. The Morgan fingerprint density at radius 2 is 2.00 bits per heavy atom. The first kappa shape index (κ1) is 17.3. The summed E-state index contributed by atoms with van der Waals surface area (Å²) in [7, 11) is 0. The minimum Gasteiger partial charge on any atom is -0.476 e. The molecule has 5 nitrogen and oxygen atoms in total. The van der Waals surface area contributed by atoms with Crippen molar-refractivity contribution < 1.29 is 17.9 Å². The second-order valence-corrected chi connectivity index (χ2v) is 4.87. The van der Waals surface area contributed by atoms with E-state index in [1.807, 2.05) is 6.92 Å². The van der Waals surface area contributed by atoms with Gasteiger partial charge >= 0.3 is 6.18 Å². The zero-order valence-electron chi connectivity index (χ0n) is 12.2. The Bertz CT molecular complexity index is 649. The van der Waals surface area contributed by atoms with Gasteiger partial charge in [-0.3, -0.25) is 0 Å². The first-order valence-electron chi connectivity index (χ1n) is 6.81. The molecule has 0 aliphatic carbocycles. The van der Waals surface area contributed by atoms with Crippen LogP contribution in [-0.4, -0.2) is 28.1 Å². The molecule has 0 spiro atoms. The summed E-state index contributed by atoms with van der Waals surface area (Å²) < 4.78 is 42.5. The van der Waals surface area contributed by atoms with E-state index in [4.69, 9.17) is 16.3 Å². The maximum Gasteiger partial charge on any atom is 0.417 e. The van der Waals surface area contributed by atoms with Crippen molar-refractivity contribution in [1.82, 2.24) is 15.0 Å². The van der Waals surface area contributed by atoms with Gasteiger partial charge in [0.15, 0.2) is 0 Å². The third kappa shape index (κ3) is 4.69. The summed E-state index contributed by atoms with van der Waals surface area (Å²) in [6.45, 7) is 2.49. The van der Waals surface area contributed by atoms with Crippen LogP contribution < -0.4 is 10.1 Å². The standard InChI is InChI=1S/C14H14ClF3N4O/c1-2-10-12(15)13(22-8-21-10)19-5-6-23-11-4-3-9(7-20-11)14(16,17)18/h3-4,7-8H,2,5-6H2,1H3,(H,19,21,22). The van der Waals surface area contributed by atoms with Crippen molar-refractivity contribution in [3.05, 3.63) is 40.9 Å². The summed E-state index contributed by atoms with van der Waals surface area (Å²) >= 11 is 6.12. The Balaban J connectivity index is 1.84. The maximum absolute atomic E-state index is 12.4. The highest BCUT2D eigenvalue weighted by Gasteiger charge is 2.30. The molecule has 0 saturated heterocycles. The molecule has 1 N–H and O–H groups in total. The lowest BCUT2D eigenvalue weighted by molar-refractivity contribution is -0.137. The van der Waals surface area contributed by atoms with Crippen LogP contribution >= 0.6 is 11.6 Å². The van der Waals surface area contributed by atoms with E-state index in [-0.39, 0.29) is 12.5 Å². The average Bonchev–Trinajstić information content (AvgIpc) is 2.52. The lowest BCUT2D eigenvalue weighted by Crippen LogP contribution is -2.14. The van der Waals surface area contributed by atoms with Gasteiger partial charge in [-0.2, -0.15) is 13.2 Å². The van der Waals surface area contributed by atoms with Gasteiger partial charge in [0, 0.05) is 12.3 Å². The maximum atomic E-state index is 12.4. The molecule has 0 radical (unpaired) electrons. The average molecular weight is 347 g/mol. The van der Waals surface area contributed by atoms with E-state index < -0.39 is 11.7 Å². The molecule has 0 amide bonds. The Hall–Kier alpha value is -2.09. The van der Waals surface area contributed by atoms with Crippen LogP contribution in [0.4, 0.5) is 19.0 Å². The van der Waals surface area contributed by atoms with Crippen LogP contribution in [0, 0.1) is 0 Å². The first-order chi connectivity index (χ1) is 10.9. The number of hydrogen-bond donors (Lipinski definition) is 1. The van der Waals surface area contributed by atoms with Gasteiger partial charge in [0.1, 0.15) is 23.8 Å². The van der Waals surface area contributed by atoms with Gasteiger partial charge in [0.25, 0.3) is 0 Å². The molecule has 23 heavy (non-hydrogen) atoms. The highest BCUT2D eigenvalue weighted by molar-refractivity contribution is 6.33. The van der Waals surface area contributed by atoms with E-state index in [0.717, 1.165) is 18.0 Å². The lowest BCUT2D eigenvalue weighted by atomic mass is 10.3. The van der Waals surface area contributed by atoms with Gasteiger partial charge in [-0.1, -0.05) is 18.5 Å². The molecule has 0 fully saturated rings. The van der Waals surface area contributed by atoms with Crippen molar-refractivity contribution in [3.63, 3.8) is 0 Å². The molecule has 2 heterocycles. The number of hydrogen-bond acceptors (Lipinski definition) is 5. The van der Waals surface area contributed by atoms with Gasteiger partial charge in [-0.05, 0) is 12.5 Å². The van der Waals surface area contributed by atoms with Crippen molar-refractivity contribution >= 4 is 17.4 Å². The molecule has 2 aromatic heterocycles. The van der Waals surface area contributed by atoms with Crippen LogP contribution in [0.1, 0.15) is 18.2 Å². The molecule has 124 valence electrons. The number of ether oxygens (including phenoxy) is 1. The fraction of sp³-hybridized carbons (Fsp3) is 0.357. The summed E-state index contributed by atoms with van der Waals surface area (Å²) in [4.78, 5) is 11.7. The molecule has 0 unspecified atom stereocenters. The number of aromatic nitrogens is 3. The SMILES string of the molecule is CCc1ncnc(NCCOc2ccc(C(F)(F)F)cn2)c1Cl. The van der Waals surface area contributed by atoms with Gasteiger partial charge < -0.3 is 10.1 Å². The predicted octanol–water partition coefficient (Wildman–Crippen LogP) is 3.60. The number of nitrogens with zero attached hydrogens (tertiary/aromatic N) is 3. The zero-order valence-corrected chi connectivity index (χ0v) is 12.9. The quantitative estimate of drug-likeness (QED) is 0.810. The molecule has 9 heteroatoms. The molecule has 0 bridgehead atoms. The smallest absolute Gasteiger partial charge is 0.417 e. The first-order valence-corrected chi connectivity index (χ1v) is 7.19. The van der Waals surface area contributed by atoms with E-state index in [1.54, 1.807) is 0 Å². The van der Waals surface area contributed by atoms with E-state index in [2.05, 4.69) is 20.3 Å². The van der Waals surface area contributed by atoms with Crippen LogP contribution in [0.5, 0.6) is 5.88 Å². The van der Waals surface area contributed by atoms with Gasteiger partial charge in [-0.25, -0.2) is 15.0 Å². The highest BCUT2D eigenvalue weighted by atomic mass is 35.5. The number of rotatable bonds is 6. The molecule has 0 atom stereocenters. The van der Waals surface area contributed by atoms with Gasteiger partial charge in [0.2, 0.25) is 5.88 Å². The molecule has 0 aliphatic heterocycles. The largest absolute Gasteiger partial charge is 0.476 e. The van der Waals surface area contributed by atoms with Gasteiger partial charge in [0.05, 0.1) is 17.8 Å². The summed E-state index contributed by atoms with van der Waals surface area (Å²) in [6.07, 6.45) is -1.58. The zero-order chi connectivity index (χ0) is 16.9. The molecule has 0 aliphatic rings. The fourth-order valence-electron chi connectivity index (χ4n) is 1.73. The molecule has 0 aromatic carbocycles. The third-order valence-corrected chi connectivity index (χ3v) is 3.30. The van der Waals surface area contributed by atoms with Crippen molar-refractivity contribution in [2.75, 3.05) is 18.5 Å². The second kappa shape index (κ2) is 7.45. The monoisotopic (exact) mass is 346 g/mol. The number of alkyl halides is 3. The molecule has 0 saturated carbocycles. The minimum absolute atomic E-state index is 0.114. The van der Waals surface area contributed by atoms with Crippen LogP contribution in [0.2, 0.25) is 5.02 Å². The van der Waals surface area contributed by atoms with E-state index in [0.29, 0.717) is 23.8 Å². The normalized spacial score (nSPS) is 11.3. The molecular weight excluding hydrogens is 333 g/mol. The number of aryl methyl sites for hydroxylation is 1. The van der Waals surface area contributed by atoms with E-state index >= 15 is 0 Å². The van der Waals surface area contributed by atoms with Crippen molar-refractivity contribution in [1.29, 1.82) is 0 Å². The summed E-state index contributed by atoms with van der Waals surface area (Å²) in [5.74, 6) is 0.602. The van der Waals surface area contributed by atoms with E-state index in [9.17, 15) is 13.2 Å². The molecule has 2 aromatic rings. The van der Waals surface area contributed by atoms with E-state index in [1.165, 1.54) is 12.4 Å². The molecular formula is C14H14ClF3N4O. The molecule has 2 rings (SSSR count). The minimum atomic E-state index is -4.41. The van der Waals surface area contributed by atoms with Crippen LogP contribution in [-0.2, 0) is 12.6 Å². The van der Waals surface area contributed by atoms with Crippen molar-refractivity contribution in [2.24, 2.45) is 0 Å². The summed E-state index contributed by atoms with van der Waals surface area (Å²) in [5, 5.41) is 3.42. The summed E-state index contributed by atoms with van der Waals surface area (Å²) in [6, 6.07) is 2.10. The number of halogens is 4. The lowest BCUT2D eigenvalue weighted by Gasteiger charge is -2.10. The fourth-order valence-corrected chi connectivity index (χ4v) is 2.03. The predicted molar refractivity (Wildman–Crippen MR) is 79.6 cm³/mol. The van der Waals surface area contributed by atoms with Crippen molar-refractivity contribution in [2.45, 2.75) is 19.5 Å². The Morgan fingerprint density at radius 3 is 2.61 bits per heavy atom. The second-order valence-electron chi connectivity index (χ2n) is 4.49. The number of nitrogens with one attached hydrogen (secondary N) is 1. The number of pyridine rings is 1. The topological polar surface area (TPSA) is 59.9 Å². The van der Waals surface area contributed by atoms with Crippen LogP contribution in [0.25, 0.3) is 0 Å². The van der Waals surface area contributed by atoms with Crippen LogP contribution in [0.3, 0.4) is 0 Å². The van der Waals surface area contributed by atoms with Gasteiger partial charge in [-0.15, -0.1) is 0 Å². The summed E-state index contributed by atoms with van der Waals surface area (Å²) in [5.41, 5.74) is -0.0858. The Morgan fingerprint density at radius 1 is 1.22 bits per heavy atom. The third-order valence-electron chi connectivity index (χ3n) is 2.90. The Labute approximate surface area is 135 Å². The van der Waals surface area contributed by atoms with Crippen molar-refractivity contribution in [3.8, 4) is 5.88 Å². The highest BCUT2D eigenvalue weighted by Crippen LogP contribution is 2.29. The van der Waals surface area contributed by atoms with Crippen LogP contribution in [0.15, 0.2) is 24.7 Å². The Kier molecular flexibility index (Phi) is 5.59.